The average molecular weight is 299 g/mol. The smallest absolute Gasteiger partial charge is 0.0826 e. The van der Waals surface area contributed by atoms with Crippen molar-refractivity contribution in [2.75, 3.05) is 33.3 Å². The SMILES string of the molecule is CNCC1CN(Cc2cccc(Br)c2)CCO1. The average Bonchev–Trinajstić information content (AvgIpc) is 2.30. The molecule has 4 heteroatoms. The zero-order valence-electron chi connectivity index (χ0n) is 10.2. The van der Waals surface area contributed by atoms with E-state index in [2.05, 4.69) is 50.4 Å². The van der Waals surface area contributed by atoms with Gasteiger partial charge in [-0.1, -0.05) is 28.1 Å². The van der Waals surface area contributed by atoms with Gasteiger partial charge in [0.15, 0.2) is 0 Å². The summed E-state index contributed by atoms with van der Waals surface area (Å²) in [6.45, 7) is 4.79. The summed E-state index contributed by atoms with van der Waals surface area (Å²) in [5.74, 6) is 0. The van der Waals surface area contributed by atoms with E-state index in [0.717, 1.165) is 37.3 Å². The topological polar surface area (TPSA) is 24.5 Å². The van der Waals surface area contributed by atoms with E-state index in [-0.39, 0.29) is 0 Å². The van der Waals surface area contributed by atoms with E-state index in [9.17, 15) is 0 Å². The summed E-state index contributed by atoms with van der Waals surface area (Å²) in [6.07, 6.45) is 0.320. The lowest BCUT2D eigenvalue weighted by Gasteiger charge is -2.32. The number of likely N-dealkylation sites (N-methyl/N-ethyl adjacent to an activating group) is 1. The maximum absolute atomic E-state index is 5.70. The second kappa shape index (κ2) is 6.50. The van der Waals surface area contributed by atoms with Crippen molar-refractivity contribution < 1.29 is 4.74 Å². The molecule has 1 N–H and O–H groups in total. The molecule has 1 atom stereocenters. The molecule has 1 fully saturated rings. The third kappa shape index (κ3) is 4.07. The van der Waals surface area contributed by atoms with Gasteiger partial charge in [-0.25, -0.2) is 0 Å². The summed E-state index contributed by atoms with van der Waals surface area (Å²) in [6, 6.07) is 8.51. The molecule has 1 aromatic rings. The highest BCUT2D eigenvalue weighted by atomic mass is 79.9. The minimum Gasteiger partial charge on any atom is -0.374 e. The van der Waals surface area contributed by atoms with Crippen molar-refractivity contribution >= 4 is 15.9 Å². The maximum atomic E-state index is 5.70. The summed E-state index contributed by atoms with van der Waals surface area (Å²) < 4.78 is 6.84. The first-order valence-electron chi connectivity index (χ1n) is 6.01. The molecule has 3 nitrogen and oxygen atoms in total. The molecule has 94 valence electrons. The Hall–Kier alpha value is -0.420. The molecule has 0 aromatic heterocycles. The molecule has 1 unspecified atom stereocenters. The normalized spacial score (nSPS) is 21.6. The lowest BCUT2D eigenvalue weighted by Crippen LogP contribution is -2.45. The molecule has 1 saturated heterocycles. The van der Waals surface area contributed by atoms with Gasteiger partial charge < -0.3 is 10.1 Å². The number of nitrogens with one attached hydrogen (secondary N) is 1. The van der Waals surface area contributed by atoms with Crippen molar-refractivity contribution in [1.29, 1.82) is 0 Å². The second-order valence-corrected chi connectivity index (χ2v) is 5.33. The summed E-state index contributed by atoms with van der Waals surface area (Å²) >= 11 is 3.51. The molecule has 0 bridgehead atoms. The number of rotatable bonds is 4. The van der Waals surface area contributed by atoms with E-state index in [1.807, 2.05) is 7.05 Å². The van der Waals surface area contributed by atoms with Gasteiger partial charge in [0, 0.05) is 30.7 Å². The monoisotopic (exact) mass is 298 g/mol. The zero-order chi connectivity index (χ0) is 12.1. The van der Waals surface area contributed by atoms with Crippen LogP contribution in [-0.4, -0.2) is 44.3 Å². The fourth-order valence-electron chi connectivity index (χ4n) is 2.17. The first-order chi connectivity index (χ1) is 8.28. The molecular weight excluding hydrogens is 280 g/mol. The van der Waals surface area contributed by atoms with E-state index in [1.165, 1.54) is 5.56 Å². The molecule has 1 heterocycles. The lowest BCUT2D eigenvalue weighted by atomic mass is 10.2. The maximum Gasteiger partial charge on any atom is 0.0826 e. The molecule has 2 rings (SSSR count). The number of hydrogen-bond donors (Lipinski definition) is 1. The number of morpholine rings is 1. The Labute approximate surface area is 111 Å². The molecular formula is C13H19BrN2O. The minimum absolute atomic E-state index is 0.320. The number of nitrogens with zero attached hydrogens (tertiary/aromatic N) is 1. The Morgan fingerprint density at radius 1 is 1.53 bits per heavy atom. The van der Waals surface area contributed by atoms with E-state index < -0.39 is 0 Å². The van der Waals surface area contributed by atoms with Gasteiger partial charge in [-0.05, 0) is 24.7 Å². The van der Waals surface area contributed by atoms with Crippen LogP contribution in [0.4, 0.5) is 0 Å². The molecule has 0 spiro atoms. The van der Waals surface area contributed by atoms with Crippen LogP contribution in [0, 0.1) is 0 Å². The lowest BCUT2D eigenvalue weighted by molar-refractivity contribution is -0.0291. The highest BCUT2D eigenvalue weighted by Crippen LogP contribution is 2.15. The summed E-state index contributed by atoms with van der Waals surface area (Å²) in [4.78, 5) is 2.45. The Balaban J connectivity index is 1.90. The largest absolute Gasteiger partial charge is 0.374 e. The molecule has 1 aliphatic rings. The fraction of sp³-hybridized carbons (Fsp3) is 0.538. The van der Waals surface area contributed by atoms with Crippen molar-refractivity contribution in [3.05, 3.63) is 34.3 Å². The van der Waals surface area contributed by atoms with E-state index in [4.69, 9.17) is 4.74 Å². The third-order valence-electron chi connectivity index (χ3n) is 2.95. The van der Waals surface area contributed by atoms with Gasteiger partial charge in [0.05, 0.1) is 12.7 Å². The quantitative estimate of drug-likeness (QED) is 0.918. The van der Waals surface area contributed by atoms with Crippen molar-refractivity contribution in [1.82, 2.24) is 10.2 Å². The first-order valence-corrected chi connectivity index (χ1v) is 6.80. The van der Waals surface area contributed by atoms with Crippen molar-refractivity contribution in [3.63, 3.8) is 0 Å². The summed E-state index contributed by atoms with van der Waals surface area (Å²) in [5.41, 5.74) is 1.35. The van der Waals surface area contributed by atoms with E-state index in [1.54, 1.807) is 0 Å². The first kappa shape index (κ1) is 13.0. The van der Waals surface area contributed by atoms with Gasteiger partial charge in [0.1, 0.15) is 0 Å². The number of ether oxygens (including phenoxy) is 1. The molecule has 0 radical (unpaired) electrons. The van der Waals surface area contributed by atoms with Gasteiger partial charge in [-0.3, -0.25) is 4.90 Å². The van der Waals surface area contributed by atoms with Crippen LogP contribution in [-0.2, 0) is 11.3 Å². The molecule has 0 aliphatic carbocycles. The zero-order valence-corrected chi connectivity index (χ0v) is 11.7. The molecule has 0 saturated carbocycles. The number of hydrogen-bond acceptors (Lipinski definition) is 3. The van der Waals surface area contributed by atoms with Crippen molar-refractivity contribution in [3.8, 4) is 0 Å². The highest BCUT2D eigenvalue weighted by Gasteiger charge is 2.19. The second-order valence-electron chi connectivity index (χ2n) is 4.42. The van der Waals surface area contributed by atoms with Crippen LogP contribution >= 0.6 is 15.9 Å². The Morgan fingerprint density at radius 3 is 3.18 bits per heavy atom. The van der Waals surface area contributed by atoms with Crippen LogP contribution in [0.25, 0.3) is 0 Å². The van der Waals surface area contributed by atoms with Crippen LogP contribution in [0.15, 0.2) is 28.7 Å². The molecule has 17 heavy (non-hydrogen) atoms. The van der Waals surface area contributed by atoms with Gasteiger partial charge in [0.2, 0.25) is 0 Å². The van der Waals surface area contributed by atoms with E-state index >= 15 is 0 Å². The van der Waals surface area contributed by atoms with Crippen LogP contribution < -0.4 is 5.32 Å². The van der Waals surface area contributed by atoms with Gasteiger partial charge in [-0.2, -0.15) is 0 Å². The van der Waals surface area contributed by atoms with Crippen LogP contribution in [0.1, 0.15) is 5.56 Å². The van der Waals surface area contributed by atoms with E-state index in [0.29, 0.717) is 6.10 Å². The van der Waals surface area contributed by atoms with Gasteiger partial charge in [0.25, 0.3) is 0 Å². The van der Waals surface area contributed by atoms with Crippen molar-refractivity contribution in [2.45, 2.75) is 12.6 Å². The number of halogens is 1. The summed E-state index contributed by atoms with van der Waals surface area (Å²) in [7, 11) is 1.97. The summed E-state index contributed by atoms with van der Waals surface area (Å²) in [5, 5.41) is 3.17. The molecule has 0 amide bonds. The van der Waals surface area contributed by atoms with Crippen LogP contribution in [0.5, 0.6) is 0 Å². The Morgan fingerprint density at radius 2 is 2.41 bits per heavy atom. The molecule has 1 aliphatic heterocycles. The third-order valence-corrected chi connectivity index (χ3v) is 3.44. The Kier molecular flexibility index (Phi) is 4.98. The molecule has 1 aromatic carbocycles. The highest BCUT2D eigenvalue weighted by molar-refractivity contribution is 9.10. The van der Waals surface area contributed by atoms with Crippen LogP contribution in [0.3, 0.4) is 0 Å². The number of benzene rings is 1. The Bertz CT molecular complexity index is 357. The standard InChI is InChI=1S/C13H19BrN2O/c1-15-8-13-10-16(5-6-17-13)9-11-3-2-4-12(14)7-11/h2-4,7,13,15H,5-6,8-10H2,1H3. The minimum atomic E-state index is 0.320. The predicted octanol–water partition coefficient (Wildman–Crippen LogP) is 1.87. The van der Waals surface area contributed by atoms with Crippen molar-refractivity contribution in [2.24, 2.45) is 0 Å². The van der Waals surface area contributed by atoms with Gasteiger partial charge >= 0.3 is 0 Å². The van der Waals surface area contributed by atoms with Gasteiger partial charge in [-0.15, -0.1) is 0 Å². The van der Waals surface area contributed by atoms with Crippen LogP contribution in [0.2, 0.25) is 0 Å². The fourth-order valence-corrected chi connectivity index (χ4v) is 2.62. The predicted molar refractivity (Wildman–Crippen MR) is 73.1 cm³/mol.